The van der Waals surface area contributed by atoms with E-state index < -0.39 is 6.04 Å². The number of hydrogen-bond donors (Lipinski definition) is 1. The van der Waals surface area contributed by atoms with Crippen LogP contribution >= 0.6 is 0 Å². The summed E-state index contributed by atoms with van der Waals surface area (Å²) in [5.74, 6) is -0.779. The van der Waals surface area contributed by atoms with Crippen molar-refractivity contribution in [3.8, 4) is 0 Å². The molecule has 2 rings (SSSR count). The molecule has 0 aliphatic carbocycles. The Hall–Kier alpha value is -1.91. The number of rotatable bonds is 3. The molecule has 1 fully saturated rings. The molecule has 1 unspecified atom stereocenters. The van der Waals surface area contributed by atoms with Crippen LogP contribution in [0.1, 0.15) is 35.7 Å². The van der Waals surface area contributed by atoms with Crippen molar-refractivity contribution in [3.05, 3.63) is 35.1 Å². The summed E-state index contributed by atoms with van der Waals surface area (Å²) in [6.45, 7) is 4.87. The molecule has 1 atom stereocenters. The van der Waals surface area contributed by atoms with Crippen LogP contribution in [-0.2, 0) is 4.79 Å². The van der Waals surface area contributed by atoms with E-state index in [4.69, 9.17) is 0 Å². The number of hydrogen-bond acceptors (Lipinski definition) is 2. The minimum absolute atomic E-state index is 0.0596. The van der Waals surface area contributed by atoms with Crippen molar-refractivity contribution < 1.29 is 14.0 Å². The maximum atomic E-state index is 13.0. The molecule has 0 spiro atoms. The molecule has 1 aliphatic heterocycles. The first-order chi connectivity index (χ1) is 9.49. The van der Waals surface area contributed by atoms with E-state index in [0.29, 0.717) is 11.1 Å². The predicted molar refractivity (Wildman–Crippen MR) is 73.9 cm³/mol. The van der Waals surface area contributed by atoms with Crippen molar-refractivity contribution in [2.24, 2.45) is 0 Å². The van der Waals surface area contributed by atoms with Gasteiger partial charge in [0.1, 0.15) is 11.9 Å². The second-order valence-electron chi connectivity index (χ2n) is 5.19. The minimum atomic E-state index is -0.565. The zero-order chi connectivity index (χ0) is 14.7. The maximum absolute atomic E-state index is 13.0. The lowest BCUT2D eigenvalue weighted by Gasteiger charge is -2.21. The predicted octanol–water partition coefficient (Wildman–Crippen LogP) is 1.87. The second kappa shape index (κ2) is 6.03. The van der Waals surface area contributed by atoms with E-state index in [2.05, 4.69) is 5.32 Å². The fourth-order valence-electron chi connectivity index (χ4n) is 2.43. The molecule has 5 heteroatoms. The lowest BCUT2D eigenvalue weighted by atomic mass is 10.1. The van der Waals surface area contributed by atoms with Crippen molar-refractivity contribution in [1.29, 1.82) is 0 Å². The van der Waals surface area contributed by atoms with Gasteiger partial charge >= 0.3 is 0 Å². The molecule has 1 aromatic carbocycles. The quantitative estimate of drug-likeness (QED) is 0.917. The summed E-state index contributed by atoms with van der Waals surface area (Å²) >= 11 is 0. The van der Waals surface area contributed by atoms with E-state index in [1.54, 1.807) is 18.7 Å². The van der Waals surface area contributed by atoms with Crippen LogP contribution in [0.2, 0.25) is 0 Å². The molecule has 108 valence electrons. The number of carbonyl (C=O) groups is 2. The van der Waals surface area contributed by atoms with Crippen molar-refractivity contribution in [3.63, 3.8) is 0 Å². The summed E-state index contributed by atoms with van der Waals surface area (Å²) in [4.78, 5) is 26.0. The third kappa shape index (κ3) is 3.15. The van der Waals surface area contributed by atoms with E-state index in [0.717, 1.165) is 25.9 Å². The Balaban J connectivity index is 2.01. The van der Waals surface area contributed by atoms with Gasteiger partial charge in [0.05, 0.1) is 0 Å². The lowest BCUT2D eigenvalue weighted by molar-refractivity contribution is -0.131. The van der Waals surface area contributed by atoms with Gasteiger partial charge in [-0.05, 0) is 50.5 Å². The largest absolute Gasteiger partial charge is 0.341 e. The number of carbonyl (C=O) groups excluding carboxylic acids is 2. The van der Waals surface area contributed by atoms with Gasteiger partial charge in [-0.25, -0.2) is 4.39 Å². The van der Waals surface area contributed by atoms with Gasteiger partial charge in [-0.3, -0.25) is 9.59 Å². The van der Waals surface area contributed by atoms with E-state index in [1.165, 1.54) is 18.2 Å². The van der Waals surface area contributed by atoms with Crippen molar-refractivity contribution >= 4 is 11.8 Å². The van der Waals surface area contributed by atoms with Gasteiger partial charge in [-0.1, -0.05) is 0 Å². The van der Waals surface area contributed by atoms with Gasteiger partial charge in [0.2, 0.25) is 5.91 Å². The zero-order valence-corrected chi connectivity index (χ0v) is 11.8. The number of amides is 2. The van der Waals surface area contributed by atoms with Crippen LogP contribution < -0.4 is 5.32 Å². The number of nitrogens with one attached hydrogen (secondary N) is 1. The standard InChI is InChI=1S/C15H19FN2O2/c1-10-9-12(16)5-6-13(10)14(19)17-11(2)15(20)18-7-3-4-8-18/h5-6,9,11H,3-4,7-8H2,1-2H3,(H,17,19). The van der Waals surface area contributed by atoms with Gasteiger partial charge in [0, 0.05) is 18.7 Å². The molecule has 1 saturated heterocycles. The second-order valence-corrected chi connectivity index (χ2v) is 5.19. The van der Waals surface area contributed by atoms with Gasteiger partial charge < -0.3 is 10.2 Å². The normalized spacial score (nSPS) is 16.1. The number of benzene rings is 1. The number of aryl methyl sites for hydroxylation is 1. The molecule has 4 nitrogen and oxygen atoms in total. The first kappa shape index (κ1) is 14.5. The van der Waals surface area contributed by atoms with Crippen LogP contribution in [0.5, 0.6) is 0 Å². The smallest absolute Gasteiger partial charge is 0.252 e. The first-order valence-corrected chi connectivity index (χ1v) is 6.85. The zero-order valence-electron chi connectivity index (χ0n) is 11.8. The summed E-state index contributed by atoms with van der Waals surface area (Å²) in [6.07, 6.45) is 2.03. The third-order valence-electron chi connectivity index (χ3n) is 3.57. The highest BCUT2D eigenvalue weighted by molar-refractivity contribution is 5.98. The van der Waals surface area contributed by atoms with Gasteiger partial charge in [0.25, 0.3) is 5.91 Å². The summed E-state index contributed by atoms with van der Waals surface area (Å²) in [7, 11) is 0. The number of nitrogens with zero attached hydrogens (tertiary/aromatic N) is 1. The van der Waals surface area contributed by atoms with Crippen LogP contribution in [0.4, 0.5) is 4.39 Å². The molecule has 0 aromatic heterocycles. The van der Waals surface area contributed by atoms with E-state index in [1.807, 2.05) is 0 Å². The molecule has 0 bridgehead atoms. The Bertz CT molecular complexity index is 525. The molecule has 1 N–H and O–H groups in total. The molecule has 1 heterocycles. The summed E-state index contributed by atoms with van der Waals surface area (Å²) in [5, 5.41) is 2.68. The maximum Gasteiger partial charge on any atom is 0.252 e. The number of halogens is 1. The van der Waals surface area contributed by atoms with Crippen LogP contribution in [-0.4, -0.2) is 35.8 Å². The van der Waals surface area contributed by atoms with Crippen LogP contribution in [0.3, 0.4) is 0 Å². The molecule has 0 radical (unpaired) electrons. The van der Waals surface area contributed by atoms with E-state index >= 15 is 0 Å². The summed E-state index contributed by atoms with van der Waals surface area (Å²) < 4.78 is 13.0. The van der Waals surface area contributed by atoms with Crippen LogP contribution in [0.25, 0.3) is 0 Å². The lowest BCUT2D eigenvalue weighted by Crippen LogP contribution is -2.46. The molecule has 0 saturated carbocycles. The molecular formula is C15H19FN2O2. The molecule has 1 aromatic rings. The average molecular weight is 278 g/mol. The molecule has 20 heavy (non-hydrogen) atoms. The highest BCUT2D eigenvalue weighted by Gasteiger charge is 2.24. The van der Waals surface area contributed by atoms with Crippen LogP contribution in [0.15, 0.2) is 18.2 Å². The third-order valence-corrected chi connectivity index (χ3v) is 3.57. The fraction of sp³-hybridized carbons (Fsp3) is 0.467. The first-order valence-electron chi connectivity index (χ1n) is 6.85. The molecule has 1 aliphatic rings. The summed E-state index contributed by atoms with van der Waals surface area (Å²) in [5.41, 5.74) is 0.954. The number of likely N-dealkylation sites (tertiary alicyclic amines) is 1. The SMILES string of the molecule is Cc1cc(F)ccc1C(=O)NC(C)C(=O)N1CCCC1. The Morgan fingerprint density at radius 2 is 1.95 bits per heavy atom. The molecule has 2 amide bonds. The fourth-order valence-corrected chi connectivity index (χ4v) is 2.43. The van der Waals surface area contributed by atoms with E-state index in [-0.39, 0.29) is 17.6 Å². The topological polar surface area (TPSA) is 49.4 Å². The van der Waals surface area contributed by atoms with Gasteiger partial charge in [-0.15, -0.1) is 0 Å². The highest BCUT2D eigenvalue weighted by Crippen LogP contribution is 2.12. The Morgan fingerprint density at radius 3 is 2.55 bits per heavy atom. The van der Waals surface area contributed by atoms with Gasteiger partial charge in [0.15, 0.2) is 0 Å². The monoisotopic (exact) mass is 278 g/mol. The average Bonchev–Trinajstić information content (AvgIpc) is 2.91. The van der Waals surface area contributed by atoms with E-state index in [9.17, 15) is 14.0 Å². The van der Waals surface area contributed by atoms with Crippen LogP contribution in [0, 0.1) is 12.7 Å². The molecular weight excluding hydrogens is 259 g/mol. The van der Waals surface area contributed by atoms with Gasteiger partial charge in [-0.2, -0.15) is 0 Å². The summed E-state index contributed by atoms with van der Waals surface area (Å²) in [6, 6.07) is 3.43. The Kier molecular flexibility index (Phi) is 4.37. The van der Waals surface area contributed by atoms with Crippen molar-refractivity contribution in [1.82, 2.24) is 10.2 Å². The van der Waals surface area contributed by atoms with Crippen molar-refractivity contribution in [2.45, 2.75) is 32.7 Å². The highest BCUT2D eigenvalue weighted by atomic mass is 19.1. The minimum Gasteiger partial charge on any atom is -0.341 e. The Labute approximate surface area is 118 Å². The Morgan fingerprint density at radius 1 is 1.30 bits per heavy atom. The van der Waals surface area contributed by atoms with Crippen molar-refractivity contribution in [2.75, 3.05) is 13.1 Å².